The molecule has 0 bridgehead atoms. The lowest BCUT2D eigenvalue weighted by molar-refractivity contribution is 0.685. The average Bonchev–Trinajstić information content (AvgIpc) is 2.25. The van der Waals surface area contributed by atoms with Crippen molar-refractivity contribution >= 4 is 21.0 Å². The number of allylic oxidation sites excluding steroid dienone is 3. The minimum absolute atomic E-state index is 0.774. The monoisotopic (exact) mass is 234 g/mol. The molecule has 0 saturated carbocycles. The molecule has 0 amide bonds. The highest BCUT2D eigenvalue weighted by molar-refractivity contribution is 7.99. The zero-order valence-corrected chi connectivity index (χ0v) is 10.7. The third-order valence-electron chi connectivity index (χ3n) is 2.26. The van der Waals surface area contributed by atoms with Crippen LogP contribution in [0.3, 0.4) is 0 Å². The molecule has 2 heteroatoms. The SMILES string of the molecule is C=C(/C=C\CC)c1cccc(S(=C)(C)=O)c1. The van der Waals surface area contributed by atoms with Crippen molar-refractivity contribution in [3.8, 4) is 0 Å². The lowest BCUT2D eigenvalue weighted by Crippen LogP contribution is -1.96. The Kier molecular flexibility index (Phi) is 4.13. The van der Waals surface area contributed by atoms with E-state index in [-0.39, 0.29) is 0 Å². The van der Waals surface area contributed by atoms with Gasteiger partial charge in [-0.15, -0.1) is 0 Å². The van der Waals surface area contributed by atoms with Gasteiger partial charge in [0.25, 0.3) is 0 Å². The Bertz CT molecular complexity index is 507. The number of hydrogen-bond acceptors (Lipinski definition) is 1. The van der Waals surface area contributed by atoms with E-state index in [4.69, 9.17) is 0 Å². The van der Waals surface area contributed by atoms with Gasteiger partial charge in [-0.05, 0) is 45.1 Å². The van der Waals surface area contributed by atoms with Gasteiger partial charge < -0.3 is 0 Å². The van der Waals surface area contributed by atoms with Gasteiger partial charge in [0.05, 0.1) is 0 Å². The third kappa shape index (κ3) is 3.38. The second kappa shape index (κ2) is 5.17. The fraction of sp³-hybridized carbons (Fsp3) is 0.214. The van der Waals surface area contributed by atoms with Gasteiger partial charge >= 0.3 is 0 Å². The molecule has 1 rings (SSSR count). The predicted octanol–water partition coefficient (Wildman–Crippen LogP) is 3.37. The highest BCUT2D eigenvalue weighted by Crippen LogP contribution is 2.18. The largest absolute Gasteiger partial charge is 0.263 e. The van der Waals surface area contributed by atoms with Gasteiger partial charge in [0.2, 0.25) is 0 Å². The summed E-state index contributed by atoms with van der Waals surface area (Å²) in [5.74, 6) is 3.68. The quantitative estimate of drug-likeness (QED) is 0.576. The molecule has 0 radical (unpaired) electrons. The van der Waals surface area contributed by atoms with E-state index < -0.39 is 9.52 Å². The maximum Gasteiger partial charge on any atom is 0.0308 e. The van der Waals surface area contributed by atoms with Gasteiger partial charge in [0, 0.05) is 11.2 Å². The number of benzene rings is 1. The summed E-state index contributed by atoms with van der Waals surface area (Å²) in [5.41, 5.74) is 1.94. The Balaban J connectivity index is 3.09. The topological polar surface area (TPSA) is 17.1 Å². The molecule has 0 fully saturated rings. The van der Waals surface area contributed by atoms with Crippen LogP contribution < -0.4 is 0 Å². The highest BCUT2D eigenvalue weighted by atomic mass is 32.2. The lowest BCUT2D eigenvalue weighted by atomic mass is 10.1. The van der Waals surface area contributed by atoms with E-state index >= 15 is 0 Å². The van der Waals surface area contributed by atoms with E-state index in [1.54, 1.807) is 6.26 Å². The van der Waals surface area contributed by atoms with Gasteiger partial charge in [-0.3, -0.25) is 4.21 Å². The normalized spacial score (nSPS) is 14.9. The van der Waals surface area contributed by atoms with Gasteiger partial charge in [-0.25, -0.2) is 0 Å². The van der Waals surface area contributed by atoms with E-state index in [1.807, 2.05) is 30.3 Å². The maximum atomic E-state index is 11.8. The summed E-state index contributed by atoms with van der Waals surface area (Å²) < 4.78 is 11.8. The molecule has 0 aromatic heterocycles. The van der Waals surface area contributed by atoms with E-state index in [9.17, 15) is 4.21 Å². The molecule has 1 aromatic rings. The second-order valence-corrected chi connectivity index (χ2v) is 6.35. The first-order valence-electron chi connectivity index (χ1n) is 5.23. The molecule has 1 aromatic carbocycles. The van der Waals surface area contributed by atoms with E-state index in [1.165, 1.54) is 0 Å². The second-order valence-electron chi connectivity index (χ2n) is 3.87. The summed E-state index contributed by atoms with van der Waals surface area (Å²) in [6.45, 7) is 6.06. The summed E-state index contributed by atoms with van der Waals surface area (Å²) in [4.78, 5) is 0.774. The molecule has 86 valence electrons. The smallest absolute Gasteiger partial charge is 0.0308 e. The van der Waals surface area contributed by atoms with Crippen LogP contribution >= 0.6 is 0 Å². The fourth-order valence-corrected chi connectivity index (χ4v) is 2.06. The van der Waals surface area contributed by atoms with Crippen molar-refractivity contribution in [1.82, 2.24) is 0 Å². The van der Waals surface area contributed by atoms with Gasteiger partial charge in [0.1, 0.15) is 0 Å². The van der Waals surface area contributed by atoms with Crippen molar-refractivity contribution in [2.75, 3.05) is 6.26 Å². The number of rotatable bonds is 4. The van der Waals surface area contributed by atoms with Crippen LogP contribution in [0.2, 0.25) is 0 Å². The molecular formula is C14H18OS. The van der Waals surface area contributed by atoms with Crippen molar-refractivity contribution in [2.45, 2.75) is 18.2 Å². The standard InChI is InChI=1S/C14H18OS/c1-5-6-8-12(2)13-9-7-10-14(11-13)16(3,4)15/h6-11H,2-3,5H2,1,4H3/b8-6-. The van der Waals surface area contributed by atoms with Crippen LogP contribution in [0.15, 0.2) is 47.9 Å². The highest BCUT2D eigenvalue weighted by Gasteiger charge is 2.02. The van der Waals surface area contributed by atoms with Crippen LogP contribution in [-0.4, -0.2) is 16.3 Å². The number of hydrogen-bond donors (Lipinski definition) is 0. The zero-order chi connectivity index (χ0) is 12.2. The van der Waals surface area contributed by atoms with Gasteiger partial charge in [-0.2, -0.15) is 0 Å². The lowest BCUT2D eigenvalue weighted by Gasteiger charge is -2.06. The Morgan fingerprint density at radius 3 is 2.75 bits per heavy atom. The molecule has 0 aliphatic carbocycles. The Morgan fingerprint density at radius 2 is 2.19 bits per heavy atom. The molecule has 0 aliphatic rings. The Hall–Kier alpha value is -1.28. The maximum absolute atomic E-state index is 11.8. The average molecular weight is 234 g/mol. The van der Waals surface area contributed by atoms with Gasteiger partial charge in [0.15, 0.2) is 0 Å². The molecule has 0 heterocycles. The molecule has 0 aliphatic heterocycles. The molecular weight excluding hydrogens is 216 g/mol. The van der Waals surface area contributed by atoms with Crippen LogP contribution in [0.4, 0.5) is 0 Å². The molecule has 16 heavy (non-hydrogen) atoms. The minimum atomic E-state index is -2.14. The first-order valence-corrected chi connectivity index (χ1v) is 7.37. The van der Waals surface area contributed by atoms with E-state index in [2.05, 4.69) is 25.4 Å². The Morgan fingerprint density at radius 1 is 1.50 bits per heavy atom. The van der Waals surface area contributed by atoms with Crippen LogP contribution in [0.1, 0.15) is 18.9 Å². The molecule has 0 N–H and O–H groups in total. The van der Waals surface area contributed by atoms with Crippen LogP contribution in [0.25, 0.3) is 5.57 Å². The van der Waals surface area contributed by atoms with Crippen molar-refractivity contribution < 1.29 is 4.21 Å². The first-order chi connectivity index (χ1) is 7.45. The third-order valence-corrected chi connectivity index (χ3v) is 3.51. The van der Waals surface area contributed by atoms with Crippen molar-refractivity contribution in [3.05, 3.63) is 48.6 Å². The summed E-state index contributed by atoms with van der Waals surface area (Å²) >= 11 is 0. The summed E-state index contributed by atoms with van der Waals surface area (Å²) in [6.07, 6.45) is 6.68. The van der Waals surface area contributed by atoms with Crippen LogP contribution in [0.5, 0.6) is 0 Å². The van der Waals surface area contributed by atoms with E-state index in [0.717, 1.165) is 22.5 Å². The zero-order valence-electron chi connectivity index (χ0n) is 9.90. The first kappa shape index (κ1) is 12.8. The minimum Gasteiger partial charge on any atom is -0.263 e. The van der Waals surface area contributed by atoms with Crippen LogP contribution in [-0.2, 0) is 9.52 Å². The summed E-state index contributed by atoms with van der Waals surface area (Å²) in [5, 5.41) is 0. The summed E-state index contributed by atoms with van der Waals surface area (Å²) in [7, 11) is -2.14. The molecule has 1 atom stereocenters. The van der Waals surface area contributed by atoms with Gasteiger partial charge in [-0.1, -0.05) is 37.8 Å². The van der Waals surface area contributed by atoms with Crippen molar-refractivity contribution in [3.63, 3.8) is 0 Å². The molecule has 1 nitrogen and oxygen atoms in total. The fourth-order valence-electron chi connectivity index (χ4n) is 1.32. The van der Waals surface area contributed by atoms with Crippen molar-refractivity contribution in [2.24, 2.45) is 0 Å². The molecule has 0 saturated heterocycles. The van der Waals surface area contributed by atoms with E-state index in [0.29, 0.717) is 0 Å². The van der Waals surface area contributed by atoms with Crippen molar-refractivity contribution in [1.29, 1.82) is 0 Å². The van der Waals surface area contributed by atoms with Crippen LogP contribution in [0, 0.1) is 0 Å². The summed E-state index contributed by atoms with van der Waals surface area (Å²) in [6, 6.07) is 7.61. The molecule has 0 spiro atoms. The predicted molar refractivity (Wildman–Crippen MR) is 74.4 cm³/mol. The molecule has 1 unspecified atom stereocenters. The Labute approximate surface area is 98.5 Å².